The molecule has 5 rings (SSSR count). The second-order valence-corrected chi connectivity index (χ2v) is 7.98. The standard InChI is InChI=1S/C22H22N4O2/c1-2-20(28)26-12-22(13-26)9-5-7-16(22)18-11-14-10-17(24-25-21(14)23-18)15-6-3-4-8-19(15)27/h2-4,6,8,10-11,16,27H,1,5,7,9,12-13H2,(H,23,25)/t16-/m0/s1. The van der Waals surface area contributed by atoms with Crippen LogP contribution in [0.1, 0.15) is 30.9 Å². The van der Waals surface area contributed by atoms with E-state index in [2.05, 4.69) is 27.8 Å². The summed E-state index contributed by atoms with van der Waals surface area (Å²) in [6, 6.07) is 11.3. The lowest BCUT2D eigenvalue weighted by Crippen LogP contribution is -2.59. The van der Waals surface area contributed by atoms with E-state index in [1.54, 1.807) is 12.1 Å². The van der Waals surface area contributed by atoms with Crippen LogP contribution in [-0.4, -0.2) is 44.2 Å². The molecule has 0 bridgehead atoms. The number of likely N-dealkylation sites (tertiary alicyclic amines) is 1. The SMILES string of the molecule is C=CC(=O)N1CC2(CCC[C@H]2c2cc3cc(-c4ccccc4O)nnc3[nH]2)C1. The van der Waals surface area contributed by atoms with Gasteiger partial charge in [0.05, 0.1) is 5.69 Å². The number of para-hydroxylation sites is 1. The molecule has 142 valence electrons. The molecule has 2 aliphatic rings. The Morgan fingerprint density at radius 3 is 2.89 bits per heavy atom. The van der Waals surface area contributed by atoms with E-state index in [1.807, 2.05) is 23.1 Å². The number of nitrogens with zero attached hydrogens (tertiary/aromatic N) is 3. The largest absolute Gasteiger partial charge is 0.507 e. The van der Waals surface area contributed by atoms with Crippen LogP contribution in [-0.2, 0) is 4.79 Å². The molecule has 2 fully saturated rings. The number of fused-ring (bicyclic) bond motifs is 1. The summed E-state index contributed by atoms with van der Waals surface area (Å²) >= 11 is 0. The zero-order valence-corrected chi connectivity index (χ0v) is 15.6. The molecule has 3 aromatic rings. The molecular formula is C22H22N4O2. The van der Waals surface area contributed by atoms with Crippen molar-refractivity contribution < 1.29 is 9.90 Å². The average Bonchev–Trinajstić information content (AvgIpc) is 3.29. The lowest BCUT2D eigenvalue weighted by atomic mass is 9.70. The number of aromatic hydroxyl groups is 1. The van der Waals surface area contributed by atoms with Gasteiger partial charge in [0.2, 0.25) is 5.91 Å². The molecule has 2 aromatic heterocycles. The van der Waals surface area contributed by atoms with E-state index >= 15 is 0 Å². The Morgan fingerprint density at radius 1 is 1.29 bits per heavy atom. The number of rotatable bonds is 3. The second-order valence-electron chi connectivity index (χ2n) is 7.98. The molecule has 1 aliphatic heterocycles. The van der Waals surface area contributed by atoms with Gasteiger partial charge in [-0.2, -0.15) is 0 Å². The van der Waals surface area contributed by atoms with Gasteiger partial charge in [-0.1, -0.05) is 25.1 Å². The molecule has 1 saturated carbocycles. The van der Waals surface area contributed by atoms with Crippen LogP contribution in [0, 0.1) is 5.41 Å². The molecule has 2 N–H and O–H groups in total. The number of amides is 1. The average molecular weight is 374 g/mol. The fourth-order valence-corrected chi connectivity index (χ4v) is 4.96. The Morgan fingerprint density at radius 2 is 2.11 bits per heavy atom. The Balaban J connectivity index is 1.46. The third-order valence-electron chi connectivity index (χ3n) is 6.36. The molecule has 0 radical (unpaired) electrons. The summed E-state index contributed by atoms with van der Waals surface area (Å²) in [5.41, 5.74) is 3.42. The molecule has 1 aliphatic carbocycles. The quantitative estimate of drug-likeness (QED) is 0.686. The first-order valence-corrected chi connectivity index (χ1v) is 9.66. The molecule has 1 spiro atoms. The van der Waals surface area contributed by atoms with E-state index in [4.69, 9.17) is 0 Å². The molecule has 1 aromatic carbocycles. The molecule has 6 heteroatoms. The summed E-state index contributed by atoms with van der Waals surface area (Å²) in [7, 11) is 0. The first-order valence-electron chi connectivity index (χ1n) is 9.66. The zero-order valence-electron chi connectivity index (χ0n) is 15.6. The van der Waals surface area contributed by atoms with Gasteiger partial charge >= 0.3 is 0 Å². The van der Waals surface area contributed by atoms with Gasteiger partial charge in [0.25, 0.3) is 0 Å². The minimum Gasteiger partial charge on any atom is -0.507 e. The number of hydrogen-bond donors (Lipinski definition) is 2. The highest BCUT2D eigenvalue weighted by molar-refractivity contribution is 5.88. The van der Waals surface area contributed by atoms with Crippen molar-refractivity contribution in [3.63, 3.8) is 0 Å². The number of carbonyl (C=O) groups is 1. The Kier molecular flexibility index (Phi) is 3.75. The summed E-state index contributed by atoms with van der Waals surface area (Å²) in [6.07, 6.45) is 4.83. The van der Waals surface area contributed by atoms with Crippen LogP contribution in [0.4, 0.5) is 0 Å². The lowest BCUT2D eigenvalue weighted by Gasteiger charge is -2.51. The van der Waals surface area contributed by atoms with Gasteiger partial charge in [-0.25, -0.2) is 0 Å². The van der Waals surface area contributed by atoms with E-state index in [1.165, 1.54) is 18.2 Å². The van der Waals surface area contributed by atoms with Gasteiger partial charge < -0.3 is 15.0 Å². The number of hydrogen-bond acceptors (Lipinski definition) is 4. The highest BCUT2D eigenvalue weighted by Crippen LogP contribution is 2.54. The minimum absolute atomic E-state index is 0.0195. The van der Waals surface area contributed by atoms with E-state index in [-0.39, 0.29) is 17.1 Å². The van der Waals surface area contributed by atoms with Crippen LogP contribution in [0.2, 0.25) is 0 Å². The second kappa shape index (κ2) is 6.19. The van der Waals surface area contributed by atoms with Crippen LogP contribution in [0.25, 0.3) is 22.3 Å². The molecular weight excluding hydrogens is 352 g/mol. The number of H-pyrrole nitrogens is 1. The third kappa shape index (κ3) is 2.52. The van der Waals surface area contributed by atoms with E-state index in [0.717, 1.165) is 37.0 Å². The van der Waals surface area contributed by atoms with Gasteiger partial charge in [-0.15, -0.1) is 10.2 Å². The summed E-state index contributed by atoms with van der Waals surface area (Å²) < 4.78 is 0. The summed E-state index contributed by atoms with van der Waals surface area (Å²) in [4.78, 5) is 17.2. The Hall–Kier alpha value is -3.15. The van der Waals surface area contributed by atoms with E-state index in [9.17, 15) is 9.90 Å². The maximum atomic E-state index is 11.9. The highest BCUT2D eigenvalue weighted by Gasteiger charge is 2.53. The zero-order chi connectivity index (χ0) is 19.3. The molecule has 1 amide bonds. The predicted octanol–water partition coefficient (Wildman–Crippen LogP) is 3.61. The van der Waals surface area contributed by atoms with Crippen LogP contribution in [0.3, 0.4) is 0 Å². The summed E-state index contributed by atoms with van der Waals surface area (Å²) in [5, 5.41) is 19.7. The smallest absolute Gasteiger partial charge is 0.245 e. The van der Waals surface area contributed by atoms with Gasteiger partial charge in [-0.3, -0.25) is 4.79 Å². The molecule has 6 nitrogen and oxygen atoms in total. The normalized spacial score (nSPS) is 20.4. The summed E-state index contributed by atoms with van der Waals surface area (Å²) in [6.45, 7) is 5.19. The van der Waals surface area contributed by atoms with E-state index < -0.39 is 0 Å². The van der Waals surface area contributed by atoms with Crippen molar-refractivity contribution in [3.05, 3.63) is 54.7 Å². The molecule has 0 unspecified atom stereocenters. The first-order chi connectivity index (χ1) is 13.6. The number of nitrogens with one attached hydrogen (secondary N) is 1. The number of phenolic OH excluding ortho intramolecular Hbond substituents is 1. The van der Waals surface area contributed by atoms with Gasteiger partial charge in [0.15, 0.2) is 5.65 Å². The number of benzene rings is 1. The van der Waals surface area contributed by atoms with Gasteiger partial charge in [0.1, 0.15) is 5.75 Å². The topological polar surface area (TPSA) is 82.1 Å². The summed E-state index contributed by atoms with van der Waals surface area (Å²) in [5.74, 6) is 0.610. The maximum Gasteiger partial charge on any atom is 0.245 e. The van der Waals surface area contributed by atoms with Gasteiger partial charge in [-0.05, 0) is 43.2 Å². The van der Waals surface area contributed by atoms with Crippen LogP contribution >= 0.6 is 0 Å². The van der Waals surface area contributed by atoms with Crippen molar-refractivity contribution in [1.82, 2.24) is 20.1 Å². The number of aromatic amines is 1. The van der Waals surface area contributed by atoms with Crippen LogP contribution in [0.15, 0.2) is 49.1 Å². The monoisotopic (exact) mass is 374 g/mol. The van der Waals surface area contributed by atoms with Crippen molar-refractivity contribution in [3.8, 4) is 17.0 Å². The van der Waals surface area contributed by atoms with E-state index in [0.29, 0.717) is 17.2 Å². The Bertz CT molecular complexity index is 1080. The van der Waals surface area contributed by atoms with Crippen molar-refractivity contribution in [2.24, 2.45) is 5.41 Å². The lowest BCUT2D eigenvalue weighted by molar-refractivity contribution is -0.138. The fraction of sp³-hybridized carbons (Fsp3) is 0.318. The van der Waals surface area contributed by atoms with Crippen LogP contribution in [0.5, 0.6) is 5.75 Å². The molecule has 1 saturated heterocycles. The molecule has 28 heavy (non-hydrogen) atoms. The van der Waals surface area contributed by atoms with Crippen molar-refractivity contribution in [1.29, 1.82) is 0 Å². The van der Waals surface area contributed by atoms with Crippen molar-refractivity contribution in [2.75, 3.05) is 13.1 Å². The van der Waals surface area contributed by atoms with Crippen LogP contribution < -0.4 is 0 Å². The number of aromatic nitrogens is 3. The highest BCUT2D eigenvalue weighted by atomic mass is 16.3. The van der Waals surface area contributed by atoms with Gasteiger partial charge in [0, 0.05) is 41.1 Å². The maximum absolute atomic E-state index is 11.9. The molecule has 1 atom stereocenters. The van der Waals surface area contributed by atoms with Crippen molar-refractivity contribution in [2.45, 2.75) is 25.2 Å². The number of phenols is 1. The number of carbonyl (C=O) groups excluding carboxylic acids is 1. The Labute approximate surface area is 162 Å². The fourth-order valence-electron chi connectivity index (χ4n) is 4.96. The predicted molar refractivity (Wildman–Crippen MR) is 107 cm³/mol. The third-order valence-corrected chi connectivity index (χ3v) is 6.36. The molecule has 3 heterocycles. The minimum atomic E-state index is 0.0195. The first kappa shape index (κ1) is 17.0. The van der Waals surface area contributed by atoms with Crippen molar-refractivity contribution >= 4 is 16.9 Å².